The average molecular weight is 301 g/mol. The minimum Gasteiger partial charge on any atom is -0.314 e. The van der Waals surface area contributed by atoms with E-state index < -0.39 is 0 Å². The smallest absolute Gasteiger partial charge is 0.0452 e. The predicted octanol–water partition coefficient (Wildman–Crippen LogP) is 3.81. The molecule has 19 heavy (non-hydrogen) atoms. The lowest BCUT2D eigenvalue weighted by atomic mass is 9.95. The quantitative estimate of drug-likeness (QED) is 0.909. The molecule has 1 aromatic rings. The number of benzene rings is 1. The molecule has 2 rings (SSSR count). The summed E-state index contributed by atoms with van der Waals surface area (Å²) in [5.41, 5.74) is 1.13. The van der Waals surface area contributed by atoms with E-state index in [9.17, 15) is 0 Å². The monoisotopic (exact) mass is 300 g/mol. The summed E-state index contributed by atoms with van der Waals surface area (Å²) < 4.78 is 0. The summed E-state index contributed by atoms with van der Waals surface area (Å²) in [6.07, 6.45) is 1.20. The summed E-state index contributed by atoms with van der Waals surface area (Å²) in [7, 11) is 0. The van der Waals surface area contributed by atoms with E-state index in [2.05, 4.69) is 24.1 Å². The molecule has 1 N–H and O–H groups in total. The normalized spacial score (nSPS) is 22.4. The van der Waals surface area contributed by atoms with Crippen LogP contribution >= 0.6 is 23.2 Å². The zero-order valence-electron chi connectivity index (χ0n) is 11.6. The van der Waals surface area contributed by atoms with E-state index in [1.165, 1.54) is 6.42 Å². The molecule has 2 unspecified atom stereocenters. The zero-order chi connectivity index (χ0) is 13.8. The summed E-state index contributed by atoms with van der Waals surface area (Å²) in [6.45, 7) is 8.64. The highest BCUT2D eigenvalue weighted by atomic mass is 35.5. The van der Waals surface area contributed by atoms with Crippen LogP contribution in [0.1, 0.15) is 25.8 Å². The van der Waals surface area contributed by atoms with Crippen LogP contribution in [0.15, 0.2) is 18.2 Å². The Bertz CT molecular complexity index is 423. The number of rotatable bonds is 4. The Balaban J connectivity index is 2.12. The number of nitrogens with one attached hydrogen (secondary N) is 1. The van der Waals surface area contributed by atoms with Gasteiger partial charge in [-0.15, -0.1) is 0 Å². The summed E-state index contributed by atoms with van der Waals surface area (Å²) in [4.78, 5) is 2.53. The highest BCUT2D eigenvalue weighted by Crippen LogP contribution is 2.25. The molecule has 1 aliphatic rings. The fraction of sp³-hybridized carbons (Fsp3) is 0.600. The number of nitrogens with zero attached hydrogens (tertiary/aromatic N) is 1. The van der Waals surface area contributed by atoms with Crippen molar-refractivity contribution in [3.05, 3.63) is 33.8 Å². The van der Waals surface area contributed by atoms with Crippen LogP contribution in [-0.4, -0.2) is 30.6 Å². The van der Waals surface area contributed by atoms with E-state index >= 15 is 0 Å². The molecule has 1 fully saturated rings. The topological polar surface area (TPSA) is 15.3 Å². The molecular formula is C15H22Cl2N2. The molecule has 0 saturated carbocycles. The zero-order valence-corrected chi connectivity index (χ0v) is 13.1. The second-order valence-corrected chi connectivity index (χ2v) is 6.21. The van der Waals surface area contributed by atoms with Gasteiger partial charge in [-0.1, -0.05) is 43.5 Å². The van der Waals surface area contributed by atoms with Gasteiger partial charge in [0.15, 0.2) is 0 Å². The molecule has 0 radical (unpaired) electrons. The van der Waals surface area contributed by atoms with E-state index in [0.717, 1.165) is 41.8 Å². The summed E-state index contributed by atoms with van der Waals surface area (Å²) in [5.74, 6) is 0.686. The van der Waals surface area contributed by atoms with Crippen molar-refractivity contribution in [1.82, 2.24) is 10.2 Å². The minimum absolute atomic E-state index is 0.578. The molecule has 0 bridgehead atoms. The molecule has 1 aliphatic heterocycles. The van der Waals surface area contributed by atoms with Crippen molar-refractivity contribution in [2.45, 2.75) is 32.9 Å². The molecule has 1 heterocycles. The van der Waals surface area contributed by atoms with Gasteiger partial charge < -0.3 is 5.32 Å². The van der Waals surface area contributed by atoms with Crippen molar-refractivity contribution in [2.24, 2.45) is 5.92 Å². The van der Waals surface area contributed by atoms with Crippen molar-refractivity contribution in [3.63, 3.8) is 0 Å². The van der Waals surface area contributed by atoms with Crippen LogP contribution in [0.3, 0.4) is 0 Å². The second kappa shape index (κ2) is 6.94. The fourth-order valence-corrected chi connectivity index (χ4v) is 3.05. The van der Waals surface area contributed by atoms with Gasteiger partial charge in [-0.2, -0.15) is 0 Å². The first-order chi connectivity index (χ1) is 9.11. The molecule has 0 aliphatic carbocycles. The Morgan fingerprint density at radius 1 is 1.42 bits per heavy atom. The molecule has 4 heteroatoms. The lowest BCUT2D eigenvalue weighted by molar-refractivity contribution is 0.109. The molecule has 2 atom stereocenters. The highest BCUT2D eigenvalue weighted by Gasteiger charge is 2.26. The van der Waals surface area contributed by atoms with E-state index in [-0.39, 0.29) is 0 Å². The molecule has 106 valence electrons. The van der Waals surface area contributed by atoms with Crippen LogP contribution in [0.2, 0.25) is 10.0 Å². The maximum Gasteiger partial charge on any atom is 0.0452 e. The van der Waals surface area contributed by atoms with Crippen molar-refractivity contribution in [1.29, 1.82) is 0 Å². The van der Waals surface area contributed by atoms with Crippen molar-refractivity contribution in [3.8, 4) is 0 Å². The second-order valence-electron chi connectivity index (χ2n) is 5.36. The molecular weight excluding hydrogens is 279 g/mol. The number of hydrogen-bond donors (Lipinski definition) is 1. The molecule has 0 spiro atoms. The van der Waals surface area contributed by atoms with Gasteiger partial charge in [0.25, 0.3) is 0 Å². The van der Waals surface area contributed by atoms with E-state index in [0.29, 0.717) is 12.0 Å². The molecule has 0 aromatic heterocycles. The van der Waals surface area contributed by atoms with Gasteiger partial charge in [0.05, 0.1) is 0 Å². The maximum atomic E-state index is 6.28. The average Bonchev–Trinajstić information content (AvgIpc) is 2.42. The van der Waals surface area contributed by atoms with Crippen molar-refractivity contribution in [2.75, 3.05) is 19.6 Å². The van der Waals surface area contributed by atoms with Crippen LogP contribution in [0, 0.1) is 5.92 Å². The van der Waals surface area contributed by atoms with Gasteiger partial charge in [0.2, 0.25) is 0 Å². The van der Waals surface area contributed by atoms with Gasteiger partial charge in [0.1, 0.15) is 0 Å². The van der Waals surface area contributed by atoms with Crippen LogP contribution in [-0.2, 0) is 6.54 Å². The van der Waals surface area contributed by atoms with Gasteiger partial charge in [-0.25, -0.2) is 0 Å². The van der Waals surface area contributed by atoms with Gasteiger partial charge in [0, 0.05) is 42.3 Å². The largest absolute Gasteiger partial charge is 0.314 e. The van der Waals surface area contributed by atoms with Gasteiger partial charge in [-0.05, 0) is 29.7 Å². The lowest BCUT2D eigenvalue weighted by Gasteiger charge is -2.39. The first-order valence-corrected chi connectivity index (χ1v) is 7.76. The van der Waals surface area contributed by atoms with E-state index in [1.807, 2.05) is 18.2 Å². The summed E-state index contributed by atoms with van der Waals surface area (Å²) in [5, 5.41) is 5.06. The standard InChI is InChI=1S/C15H22Cl2N2/c1-3-11(2)15-9-18-6-7-19(15)10-12-8-13(16)4-5-14(12)17/h4-5,8,11,15,18H,3,6-7,9-10H2,1-2H3. The number of halogens is 2. The molecule has 0 amide bonds. The van der Waals surface area contributed by atoms with E-state index in [4.69, 9.17) is 23.2 Å². The molecule has 1 saturated heterocycles. The van der Waals surface area contributed by atoms with Crippen LogP contribution in [0.5, 0.6) is 0 Å². The summed E-state index contributed by atoms with van der Waals surface area (Å²) in [6, 6.07) is 6.30. The first kappa shape index (κ1) is 15.1. The Hall–Kier alpha value is -0.280. The van der Waals surface area contributed by atoms with Crippen LogP contribution < -0.4 is 5.32 Å². The fourth-order valence-electron chi connectivity index (χ4n) is 2.68. The molecule has 1 aromatic carbocycles. The number of piperazine rings is 1. The third kappa shape index (κ3) is 3.85. The Morgan fingerprint density at radius 2 is 2.21 bits per heavy atom. The third-order valence-electron chi connectivity index (χ3n) is 4.08. The summed E-state index contributed by atoms with van der Waals surface area (Å²) >= 11 is 12.3. The number of hydrogen-bond acceptors (Lipinski definition) is 2. The van der Waals surface area contributed by atoms with Gasteiger partial charge >= 0.3 is 0 Å². The van der Waals surface area contributed by atoms with Crippen LogP contribution in [0.25, 0.3) is 0 Å². The van der Waals surface area contributed by atoms with E-state index in [1.54, 1.807) is 0 Å². The van der Waals surface area contributed by atoms with Crippen LogP contribution in [0.4, 0.5) is 0 Å². The third-order valence-corrected chi connectivity index (χ3v) is 4.68. The lowest BCUT2D eigenvalue weighted by Crippen LogP contribution is -2.53. The first-order valence-electron chi connectivity index (χ1n) is 7.00. The highest BCUT2D eigenvalue weighted by molar-refractivity contribution is 6.33. The molecule has 2 nitrogen and oxygen atoms in total. The SMILES string of the molecule is CCC(C)C1CNCCN1Cc1cc(Cl)ccc1Cl. The van der Waals surface area contributed by atoms with Crippen molar-refractivity contribution >= 4 is 23.2 Å². The Morgan fingerprint density at radius 3 is 2.95 bits per heavy atom. The predicted molar refractivity (Wildman–Crippen MR) is 83.0 cm³/mol. The minimum atomic E-state index is 0.578. The van der Waals surface area contributed by atoms with Gasteiger partial charge in [-0.3, -0.25) is 4.90 Å². The maximum absolute atomic E-state index is 6.28. The Labute approximate surface area is 126 Å². The Kier molecular flexibility index (Phi) is 5.52. The van der Waals surface area contributed by atoms with Crippen molar-refractivity contribution < 1.29 is 0 Å².